The van der Waals surface area contributed by atoms with Crippen molar-refractivity contribution in [1.82, 2.24) is 16.0 Å². The first-order chi connectivity index (χ1) is 21.4. The highest BCUT2D eigenvalue weighted by atomic mass is 16.4. The van der Waals surface area contributed by atoms with Crippen molar-refractivity contribution in [2.24, 2.45) is 0 Å². The fourth-order valence-electron chi connectivity index (χ4n) is 5.43. The van der Waals surface area contributed by atoms with E-state index in [0.717, 1.165) is 51.4 Å². The summed E-state index contributed by atoms with van der Waals surface area (Å²) in [5.41, 5.74) is 0. The van der Waals surface area contributed by atoms with Crippen LogP contribution in [0.1, 0.15) is 187 Å². The molecule has 0 aliphatic carbocycles. The first-order valence-electron chi connectivity index (χ1n) is 18.5. The van der Waals surface area contributed by atoms with Crippen molar-refractivity contribution < 1.29 is 24.3 Å². The summed E-state index contributed by atoms with van der Waals surface area (Å²) in [5.74, 6) is -0.968. The minimum absolute atomic E-state index is 0.0798. The molecule has 0 spiro atoms. The van der Waals surface area contributed by atoms with Gasteiger partial charge in [-0.3, -0.25) is 19.2 Å². The average Bonchev–Trinajstić information content (AvgIpc) is 3.00. The minimum atomic E-state index is -0.802. The van der Waals surface area contributed by atoms with Crippen LogP contribution in [-0.2, 0) is 19.2 Å². The van der Waals surface area contributed by atoms with E-state index in [9.17, 15) is 19.2 Å². The Morgan fingerprint density at radius 1 is 0.477 bits per heavy atom. The van der Waals surface area contributed by atoms with Crippen molar-refractivity contribution >= 4 is 23.7 Å². The number of hydrogen-bond acceptors (Lipinski definition) is 4. The van der Waals surface area contributed by atoms with Gasteiger partial charge in [-0.15, -0.1) is 0 Å². The van der Waals surface area contributed by atoms with Crippen molar-refractivity contribution in [2.45, 2.75) is 193 Å². The molecule has 4 N–H and O–H groups in total. The van der Waals surface area contributed by atoms with Crippen LogP contribution >= 0.6 is 0 Å². The predicted molar refractivity (Wildman–Crippen MR) is 182 cm³/mol. The molecule has 0 aromatic heterocycles. The van der Waals surface area contributed by atoms with E-state index < -0.39 is 12.0 Å². The smallest absolute Gasteiger partial charge is 0.303 e. The zero-order valence-electron chi connectivity index (χ0n) is 28.7. The summed E-state index contributed by atoms with van der Waals surface area (Å²) >= 11 is 0. The van der Waals surface area contributed by atoms with Crippen LogP contribution in [0.5, 0.6) is 0 Å². The molecule has 0 rings (SSSR count). The van der Waals surface area contributed by atoms with Crippen molar-refractivity contribution in [3.8, 4) is 0 Å². The van der Waals surface area contributed by atoms with Crippen LogP contribution in [0.25, 0.3) is 0 Å². The highest BCUT2D eigenvalue weighted by molar-refractivity contribution is 5.87. The van der Waals surface area contributed by atoms with Crippen LogP contribution in [0.2, 0.25) is 0 Å². The van der Waals surface area contributed by atoms with Crippen LogP contribution in [0.3, 0.4) is 0 Å². The molecule has 0 saturated heterocycles. The van der Waals surface area contributed by atoms with E-state index in [4.69, 9.17) is 5.11 Å². The third kappa shape index (κ3) is 29.9. The largest absolute Gasteiger partial charge is 0.481 e. The van der Waals surface area contributed by atoms with Gasteiger partial charge in [-0.25, -0.2) is 0 Å². The SMILES string of the molecule is CCCCCCCCCCCC(=O)NCCCC[C@H](NC(=O)CCCCCCCCCCC)C(=O)NCCCCCC(=O)O. The number of carbonyl (C=O) groups is 4. The second-order valence-corrected chi connectivity index (χ2v) is 12.6. The van der Waals surface area contributed by atoms with E-state index in [2.05, 4.69) is 29.8 Å². The third-order valence-corrected chi connectivity index (χ3v) is 8.27. The van der Waals surface area contributed by atoms with E-state index in [1.807, 2.05) is 0 Å². The minimum Gasteiger partial charge on any atom is -0.481 e. The van der Waals surface area contributed by atoms with Gasteiger partial charge in [0.2, 0.25) is 17.7 Å². The van der Waals surface area contributed by atoms with Gasteiger partial charge in [-0.2, -0.15) is 0 Å². The van der Waals surface area contributed by atoms with Crippen molar-refractivity contribution in [3.05, 3.63) is 0 Å². The molecule has 0 aromatic rings. The van der Waals surface area contributed by atoms with Crippen LogP contribution in [0.15, 0.2) is 0 Å². The van der Waals surface area contributed by atoms with Crippen molar-refractivity contribution in [1.29, 1.82) is 0 Å². The molecule has 0 aliphatic heterocycles. The van der Waals surface area contributed by atoms with Crippen LogP contribution in [0, 0.1) is 0 Å². The number of rotatable bonds is 33. The second-order valence-electron chi connectivity index (χ2n) is 12.6. The molecular formula is C36H69N3O5. The zero-order chi connectivity index (χ0) is 32.5. The number of unbranched alkanes of at least 4 members (excludes halogenated alkanes) is 19. The molecule has 44 heavy (non-hydrogen) atoms. The van der Waals surface area contributed by atoms with Crippen LogP contribution in [0.4, 0.5) is 0 Å². The highest BCUT2D eigenvalue weighted by Crippen LogP contribution is 2.12. The van der Waals surface area contributed by atoms with Gasteiger partial charge >= 0.3 is 5.97 Å². The lowest BCUT2D eigenvalue weighted by Crippen LogP contribution is -2.47. The summed E-state index contributed by atoms with van der Waals surface area (Å²) < 4.78 is 0. The molecule has 8 heteroatoms. The van der Waals surface area contributed by atoms with Gasteiger partial charge in [0.15, 0.2) is 0 Å². The second kappa shape index (κ2) is 32.3. The fourth-order valence-corrected chi connectivity index (χ4v) is 5.43. The number of amides is 3. The van der Waals surface area contributed by atoms with E-state index in [1.165, 1.54) is 83.5 Å². The molecule has 0 fully saturated rings. The summed E-state index contributed by atoms with van der Waals surface area (Å²) in [7, 11) is 0. The molecular weight excluding hydrogens is 554 g/mol. The summed E-state index contributed by atoms with van der Waals surface area (Å²) in [6.45, 7) is 5.52. The van der Waals surface area contributed by atoms with Crippen LogP contribution in [-0.4, -0.2) is 47.9 Å². The lowest BCUT2D eigenvalue weighted by atomic mass is 10.1. The number of carbonyl (C=O) groups excluding carboxylic acids is 3. The predicted octanol–water partition coefficient (Wildman–Crippen LogP) is 8.36. The fraction of sp³-hybridized carbons (Fsp3) is 0.889. The Morgan fingerprint density at radius 2 is 0.886 bits per heavy atom. The number of carboxylic acid groups (broad SMARTS) is 1. The summed E-state index contributed by atoms with van der Waals surface area (Å²) in [4.78, 5) is 48.4. The lowest BCUT2D eigenvalue weighted by Gasteiger charge is -2.19. The van der Waals surface area contributed by atoms with Gasteiger partial charge in [-0.05, 0) is 44.9 Å². The molecule has 0 aromatic carbocycles. The topological polar surface area (TPSA) is 125 Å². The van der Waals surface area contributed by atoms with Gasteiger partial charge in [-0.1, -0.05) is 123 Å². The Kier molecular flexibility index (Phi) is 30.7. The molecule has 0 radical (unpaired) electrons. The number of nitrogens with one attached hydrogen (secondary N) is 3. The molecule has 8 nitrogen and oxygen atoms in total. The van der Waals surface area contributed by atoms with Crippen molar-refractivity contribution in [2.75, 3.05) is 13.1 Å². The molecule has 0 unspecified atom stereocenters. The monoisotopic (exact) mass is 624 g/mol. The number of carboxylic acids is 1. The van der Waals surface area contributed by atoms with Crippen molar-refractivity contribution in [3.63, 3.8) is 0 Å². The first-order valence-corrected chi connectivity index (χ1v) is 18.5. The van der Waals surface area contributed by atoms with E-state index >= 15 is 0 Å². The maximum Gasteiger partial charge on any atom is 0.303 e. The summed E-state index contributed by atoms with van der Waals surface area (Å²) in [6.07, 6.45) is 27.0. The molecule has 3 amide bonds. The van der Waals surface area contributed by atoms with Gasteiger partial charge in [0, 0.05) is 32.4 Å². The normalized spacial score (nSPS) is 11.7. The summed E-state index contributed by atoms with van der Waals surface area (Å²) in [5, 5.41) is 17.6. The Bertz CT molecular complexity index is 716. The molecule has 0 bridgehead atoms. The Labute approximate surface area is 270 Å². The molecule has 0 aliphatic rings. The standard InChI is InChI=1S/C36H69N3O5/c1-3-5-7-9-11-13-15-17-20-27-33(40)37-30-25-23-26-32(36(44)38-31-24-19-22-29-35(42)43)39-34(41)28-21-18-16-14-12-10-8-6-4-2/h32H,3-31H2,1-2H3,(H,37,40)(H,38,44)(H,39,41)(H,42,43)/t32-/m0/s1. The zero-order valence-corrected chi connectivity index (χ0v) is 28.7. The number of aliphatic carboxylic acids is 1. The molecule has 0 saturated carbocycles. The Balaban J connectivity index is 4.27. The third-order valence-electron chi connectivity index (χ3n) is 8.27. The maximum absolute atomic E-state index is 12.9. The van der Waals surface area contributed by atoms with Gasteiger partial charge in [0.25, 0.3) is 0 Å². The van der Waals surface area contributed by atoms with E-state index in [0.29, 0.717) is 45.2 Å². The average molecular weight is 624 g/mol. The Morgan fingerprint density at radius 3 is 1.41 bits per heavy atom. The molecule has 1 atom stereocenters. The maximum atomic E-state index is 12.9. The summed E-state index contributed by atoms with van der Waals surface area (Å²) in [6, 6.07) is -0.585. The van der Waals surface area contributed by atoms with Gasteiger partial charge in [0.05, 0.1) is 0 Å². The number of hydrogen-bond donors (Lipinski definition) is 4. The quantitative estimate of drug-likeness (QED) is 0.0547. The van der Waals surface area contributed by atoms with E-state index in [-0.39, 0.29) is 24.1 Å². The van der Waals surface area contributed by atoms with Gasteiger partial charge in [0.1, 0.15) is 6.04 Å². The van der Waals surface area contributed by atoms with Crippen LogP contribution < -0.4 is 16.0 Å². The van der Waals surface area contributed by atoms with Gasteiger partial charge < -0.3 is 21.1 Å². The van der Waals surface area contributed by atoms with E-state index in [1.54, 1.807) is 0 Å². The Hall–Kier alpha value is -2.12. The lowest BCUT2D eigenvalue weighted by molar-refractivity contribution is -0.137. The molecule has 258 valence electrons. The highest BCUT2D eigenvalue weighted by Gasteiger charge is 2.20. The first kappa shape index (κ1) is 41.9. The molecule has 0 heterocycles.